The van der Waals surface area contributed by atoms with Gasteiger partial charge in [-0.1, -0.05) is 19.1 Å². The van der Waals surface area contributed by atoms with Gasteiger partial charge in [0.2, 0.25) is 0 Å². The van der Waals surface area contributed by atoms with Crippen molar-refractivity contribution in [3.05, 3.63) is 29.8 Å². The minimum absolute atomic E-state index is 0.281. The first-order valence-corrected chi connectivity index (χ1v) is 6.62. The summed E-state index contributed by atoms with van der Waals surface area (Å²) in [6.07, 6.45) is 2.06. The van der Waals surface area contributed by atoms with Crippen molar-refractivity contribution in [2.24, 2.45) is 5.92 Å². The second kappa shape index (κ2) is 8.11. The van der Waals surface area contributed by atoms with Crippen molar-refractivity contribution >= 4 is 0 Å². The Morgan fingerprint density at radius 3 is 2.44 bits per heavy atom. The maximum absolute atomic E-state index is 9.18. The Morgan fingerprint density at radius 1 is 1.28 bits per heavy atom. The maximum Gasteiger partial charge on any atom is 0.118 e. The van der Waals surface area contributed by atoms with Crippen LogP contribution in [0.4, 0.5) is 0 Å². The van der Waals surface area contributed by atoms with Gasteiger partial charge in [-0.25, -0.2) is 0 Å². The molecule has 3 heteroatoms. The molecule has 0 aliphatic rings. The SMILES string of the molecule is CCC(CO)CN(C)CCc1ccc(OC)cc1. The van der Waals surface area contributed by atoms with Gasteiger partial charge in [-0.2, -0.15) is 0 Å². The molecule has 0 heterocycles. The molecule has 0 amide bonds. The van der Waals surface area contributed by atoms with E-state index in [1.165, 1.54) is 5.56 Å². The highest BCUT2D eigenvalue weighted by Crippen LogP contribution is 2.12. The lowest BCUT2D eigenvalue weighted by Crippen LogP contribution is -2.29. The number of hydrogen-bond donors (Lipinski definition) is 1. The smallest absolute Gasteiger partial charge is 0.118 e. The molecule has 1 rings (SSSR count). The highest BCUT2D eigenvalue weighted by atomic mass is 16.5. The molecule has 0 fully saturated rings. The largest absolute Gasteiger partial charge is 0.497 e. The van der Waals surface area contributed by atoms with E-state index in [2.05, 4.69) is 31.0 Å². The molecule has 1 N–H and O–H groups in total. The van der Waals surface area contributed by atoms with Gasteiger partial charge >= 0.3 is 0 Å². The second-order valence-corrected chi connectivity index (χ2v) is 4.82. The van der Waals surface area contributed by atoms with Crippen molar-refractivity contribution in [3.8, 4) is 5.75 Å². The normalized spacial score (nSPS) is 12.7. The summed E-state index contributed by atoms with van der Waals surface area (Å²) >= 11 is 0. The topological polar surface area (TPSA) is 32.7 Å². The molecule has 0 aliphatic carbocycles. The number of hydrogen-bond acceptors (Lipinski definition) is 3. The predicted molar refractivity (Wildman–Crippen MR) is 75.1 cm³/mol. The summed E-state index contributed by atoms with van der Waals surface area (Å²) in [5.74, 6) is 1.30. The Balaban J connectivity index is 2.34. The zero-order valence-electron chi connectivity index (χ0n) is 11.7. The van der Waals surface area contributed by atoms with Gasteiger partial charge in [-0.3, -0.25) is 0 Å². The minimum Gasteiger partial charge on any atom is -0.497 e. The summed E-state index contributed by atoms with van der Waals surface area (Å²) in [7, 11) is 3.80. The minimum atomic E-state index is 0.281. The predicted octanol–water partition coefficient (Wildman–Crippen LogP) is 2.19. The fourth-order valence-electron chi connectivity index (χ4n) is 1.96. The Bertz CT molecular complexity index is 320. The molecule has 102 valence electrons. The third kappa shape index (κ3) is 5.07. The number of nitrogens with zero attached hydrogens (tertiary/aromatic N) is 1. The van der Waals surface area contributed by atoms with Crippen molar-refractivity contribution in [2.75, 3.05) is 33.9 Å². The first-order valence-electron chi connectivity index (χ1n) is 6.62. The second-order valence-electron chi connectivity index (χ2n) is 4.82. The lowest BCUT2D eigenvalue weighted by molar-refractivity contribution is 0.177. The number of aliphatic hydroxyl groups is 1. The van der Waals surface area contributed by atoms with E-state index in [0.717, 1.165) is 31.7 Å². The fourth-order valence-corrected chi connectivity index (χ4v) is 1.96. The van der Waals surface area contributed by atoms with Crippen LogP contribution in [0.3, 0.4) is 0 Å². The van der Waals surface area contributed by atoms with Crippen molar-refractivity contribution in [2.45, 2.75) is 19.8 Å². The number of methoxy groups -OCH3 is 1. The average Bonchev–Trinajstić information content (AvgIpc) is 2.43. The van der Waals surface area contributed by atoms with Crippen LogP contribution in [-0.2, 0) is 6.42 Å². The van der Waals surface area contributed by atoms with E-state index in [-0.39, 0.29) is 6.61 Å². The lowest BCUT2D eigenvalue weighted by Gasteiger charge is -2.21. The van der Waals surface area contributed by atoms with Gasteiger partial charge in [0.05, 0.1) is 7.11 Å². The molecule has 1 unspecified atom stereocenters. The molecule has 0 spiro atoms. The molecular weight excluding hydrogens is 226 g/mol. The lowest BCUT2D eigenvalue weighted by atomic mass is 10.1. The van der Waals surface area contributed by atoms with Gasteiger partial charge in [-0.05, 0) is 43.5 Å². The van der Waals surface area contributed by atoms with Gasteiger partial charge < -0.3 is 14.7 Å². The van der Waals surface area contributed by atoms with E-state index in [1.54, 1.807) is 7.11 Å². The number of aliphatic hydroxyl groups excluding tert-OH is 1. The van der Waals surface area contributed by atoms with Gasteiger partial charge in [-0.15, -0.1) is 0 Å². The van der Waals surface area contributed by atoms with Crippen LogP contribution in [-0.4, -0.2) is 43.9 Å². The van der Waals surface area contributed by atoms with Crippen LogP contribution in [0.1, 0.15) is 18.9 Å². The first-order chi connectivity index (χ1) is 8.69. The first kappa shape index (κ1) is 15.0. The quantitative estimate of drug-likeness (QED) is 0.769. The Kier molecular flexibility index (Phi) is 6.76. The highest BCUT2D eigenvalue weighted by molar-refractivity contribution is 5.27. The van der Waals surface area contributed by atoms with E-state index in [4.69, 9.17) is 4.74 Å². The Hall–Kier alpha value is -1.06. The van der Waals surface area contributed by atoms with Crippen LogP contribution in [0.25, 0.3) is 0 Å². The van der Waals surface area contributed by atoms with Gasteiger partial charge in [0.1, 0.15) is 5.75 Å². The molecular formula is C15H25NO2. The number of likely N-dealkylation sites (N-methyl/N-ethyl adjacent to an activating group) is 1. The molecule has 3 nitrogen and oxygen atoms in total. The van der Waals surface area contributed by atoms with Crippen LogP contribution in [0.2, 0.25) is 0 Å². The van der Waals surface area contributed by atoms with Gasteiger partial charge in [0.15, 0.2) is 0 Å². The molecule has 1 aromatic rings. The van der Waals surface area contributed by atoms with Crippen LogP contribution < -0.4 is 4.74 Å². The molecule has 0 saturated heterocycles. The van der Waals surface area contributed by atoms with Crippen LogP contribution in [0.15, 0.2) is 24.3 Å². The molecule has 0 bridgehead atoms. The van der Waals surface area contributed by atoms with E-state index in [0.29, 0.717) is 5.92 Å². The van der Waals surface area contributed by atoms with E-state index < -0.39 is 0 Å². The van der Waals surface area contributed by atoms with E-state index in [1.807, 2.05) is 12.1 Å². The molecule has 0 radical (unpaired) electrons. The summed E-state index contributed by atoms with van der Waals surface area (Å²) in [5, 5.41) is 9.18. The van der Waals surface area contributed by atoms with E-state index in [9.17, 15) is 5.11 Å². The van der Waals surface area contributed by atoms with Crippen molar-refractivity contribution in [1.82, 2.24) is 4.90 Å². The highest BCUT2D eigenvalue weighted by Gasteiger charge is 2.08. The summed E-state index contributed by atoms with van der Waals surface area (Å²) in [6.45, 7) is 4.38. The number of ether oxygens (including phenoxy) is 1. The number of rotatable bonds is 8. The summed E-state index contributed by atoms with van der Waals surface area (Å²) in [6, 6.07) is 8.21. The summed E-state index contributed by atoms with van der Waals surface area (Å²) in [5.41, 5.74) is 1.32. The summed E-state index contributed by atoms with van der Waals surface area (Å²) < 4.78 is 5.14. The standard InChI is InChI=1S/C15H25NO2/c1-4-13(12-17)11-16(2)10-9-14-5-7-15(18-3)8-6-14/h5-8,13,17H,4,9-12H2,1-3H3. The molecule has 1 atom stereocenters. The maximum atomic E-state index is 9.18. The zero-order chi connectivity index (χ0) is 13.4. The van der Waals surface area contributed by atoms with Crippen LogP contribution in [0.5, 0.6) is 5.75 Å². The Labute approximate surface area is 110 Å². The van der Waals surface area contributed by atoms with Crippen LogP contribution in [0, 0.1) is 5.92 Å². The van der Waals surface area contributed by atoms with Crippen molar-refractivity contribution in [3.63, 3.8) is 0 Å². The Morgan fingerprint density at radius 2 is 1.94 bits per heavy atom. The van der Waals surface area contributed by atoms with Crippen molar-refractivity contribution in [1.29, 1.82) is 0 Å². The monoisotopic (exact) mass is 251 g/mol. The average molecular weight is 251 g/mol. The van der Waals surface area contributed by atoms with E-state index >= 15 is 0 Å². The molecule has 18 heavy (non-hydrogen) atoms. The van der Waals surface area contributed by atoms with Gasteiger partial charge in [0.25, 0.3) is 0 Å². The number of benzene rings is 1. The molecule has 0 aromatic heterocycles. The third-order valence-electron chi connectivity index (χ3n) is 3.35. The third-order valence-corrected chi connectivity index (χ3v) is 3.35. The zero-order valence-corrected chi connectivity index (χ0v) is 11.7. The molecule has 0 saturated carbocycles. The van der Waals surface area contributed by atoms with Gasteiger partial charge in [0, 0.05) is 19.7 Å². The molecule has 0 aliphatic heterocycles. The molecule has 1 aromatic carbocycles. The van der Waals surface area contributed by atoms with Crippen molar-refractivity contribution < 1.29 is 9.84 Å². The summed E-state index contributed by atoms with van der Waals surface area (Å²) in [4.78, 5) is 2.29. The fraction of sp³-hybridized carbons (Fsp3) is 0.600. The van der Waals surface area contributed by atoms with Crippen LogP contribution >= 0.6 is 0 Å².